The molecule has 16 heavy (non-hydrogen) atoms. The summed E-state index contributed by atoms with van der Waals surface area (Å²) in [6.07, 6.45) is 3.56. The highest BCUT2D eigenvalue weighted by Gasteiger charge is 2.02. The van der Waals surface area contributed by atoms with Gasteiger partial charge in [0.15, 0.2) is 5.82 Å². The smallest absolute Gasteiger partial charge is 0.180 e. The van der Waals surface area contributed by atoms with Crippen LogP contribution < -0.4 is 5.32 Å². The molecule has 0 unspecified atom stereocenters. The van der Waals surface area contributed by atoms with Gasteiger partial charge in [0.25, 0.3) is 0 Å². The molecule has 2 rings (SSSR count). The second kappa shape index (κ2) is 4.70. The zero-order valence-corrected chi connectivity index (χ0v) is 9.44. The van der Waals surface area contributed by atoms with Crippen LogP contribution in [0.2, 0.25) is 0 Å². The minimum atomic E-state index is 0.651. The lowest BCUT2D eigenvalue weighted by Gasteiger charge is -2.04. The normalized spacial score (nSPS) is 10.1. The van der Waals surface area contributed by atoms with Crippen LogP contribution in [-0.4, -0.2) is 21.5 Å². The maximum Gasteiger partial charge on any atom is 0.180 e. The van der Waals surface area contributed by atoms with E-state index in [2.05, 4.69) is 20.3 Å². The fraction of sp³-hybridized carbons (Fsp3) is 0.250. The van der Waals surface area contributed by atoms with E-state index in [9.17, 15) is 0 Å². The fourth-order valence-electron chi connectivity index (χ4n) is 1.36. The van der Waals surface area contributed by atoms with E-state index in [-0.39, 0.29) is 0 Å². The summed E-state index contributed by atoms with van der Waals surface area (Å²) in [5.41, 5.74) is 1.93. The van der Waals surface area contributed by atoms with E-state index in [1.165, 1.54) is 0 Å². The molecular formula is C12H14N4. The fourth-order valence-corrected chi connectivity index (χ4v) is 1.36. The summed E-state index contributed by atoms with van der Waals surface area (Å²) in [4.78, 5) is 12.9. The van der Waals surface area contributed by atoms with Crippen LogP contribution in [0.15, 0.2) is 30.6 Å². The van der Waals surface area contributed by atoms with Crippen molar-refractivity contribution in [3.8, 4) is 11.5 Å². The summed E-state index contributed by atoms with van der Waals surface area (Å²) in [6, 6.07) is 5.78. The maximum absolute atomic E-state index is 4.38. The molecule has 4 nitrogen and oxygen atoms in total. The number of rotatable bonds is 3. The molecule has 0 atom stereocenters. The highest BCUT2D eigenvalue weighted by molar-refractivity contribution is 5.51. The van der Waals surface area contributed by atoms with Gasteiger partial charge in [0.1, 0.15) is 11.5 Å². The molecule has 0 bridgehead atoms. The molecule has 0 radical (unpaired) electrons. The molecule has 0 aliphatic rings. The first kappa shape index (κ1) is 10.5. The van der Waals surface area contributed by atoms with Crippen molar-refractivity contribution in [2.24, 2.45) is 0 Å². The van der Waals surface area contributed by atoms with Crippen LogP contribution in [0, 0.1) is 6.92 Å². The van der Waals surface area contributed by atoms with Crippen LogP contribution in [0.25, 0.3) is 11.5 Å². The molecule has 4 heteroatoms. The Morgan fingerprint density at radius 1 is 1.19 bits per heavy atom. The predicted molar refractivity (Wildman–Crippen MR) is 64.2 cm³/mol. The van der Waals surface area contributed by atoms with Crippen molar-refractivity contribution in [1.82, 2.24) is 15.0 Å². The van der Waals surface area contributed by atoms with E-state index < -0.39 is 0 Å². The summed E-state index contributed by atoms with van der Waals surface area (Å²) in [7, 11) is 0. The van der Waals surface area contributed by atoms with E-state index in [0.29, 0.717) is 5.82 Å². The number of hydrogen-bond acceptors (Lipinski definition) is 4. The molecule has 0 aromatic carbocycles. The second-order valence-corrected chi connectivity index (χ2v) is 3.52. The van der Waals surface area contributed by atoms with Crippen molar-refractivity contribution < 1.29 is 0 Å². The number of aromatic nitrogens is 3. The third kappa shape index (κ3) is 2.34. The lowest BCUT2D eigenvalue weighted by Crippen LogP contribution is -2.01. The topological polar surface area (TPSA) is 50.7 Å². The van der Waals surface area contributed by atoms with Crippen LogP contribution in [0.1, 0.15) is 12.5 Å². The summed E-state index contributed by atoms with van der Waals surface area (Å²) >= 11 is 0. The van der Waals surface area contributed by atoms with Crippen LogP contribution in [0.4, 0.5) is 5.82 Å². The number of pyridine rings is 1. The van der Waals surface area contributed by atoms with Gasteiger partial charge in [-0.25, -0.2) is 9.97 Å². The second-order valence-electron chi connectivity index (χ2n) is 3.52. The van der Waals surface area contributed by atoms with Crippen molar-refractivity contribution in [1.29, 1.82) is 0 Å². The Morgan fingerprint density at radius 3 is 2.75 bits per heavy atom. The van der Waals surface area contributed by atoms with E-state index in [0.717, 1.165) is 23.6 Å². The van der Waals surface area contributed by atoms with Crippen molar-refractivity contribution in [3.63, 3.8) is 0 Å². The summed E-state index contributed by atoms with van der Waals surface area (Å²) in [6.45, 7) is 4.89. The van der Waals surface area contributed by atoms with Gasteiger partial charge in [0.05, 0.1) is 0 Å². The molecule has 1 N–H and O–H groups in total. The Hall–Kier alpha value is -1.97. The van der Waals surface area contributed by atoms with Crippen molar-refractivity contribution in [2.75, 3.05) is 11.9 Å². The molecular weight excluding hydrogens is 200 g/mol. The van der Waals surface area contributed by atoms with Crippen LogP contribution >= 0.6 is 0 Å². The number of aryl methyl sites for hydroxylation is 1. The molecule has 0 saturated carbocycles. The standard InChI is InChI=1S/C12H14N4/c1-3-13-11-6-7-14-12(16-11)10-5-4-9(2)8-15-10/h4-8H,3H2,1-2H3,(H,13,14,16). The lowest BCUT2D eigenvalue weighted by molar-refractivity contribution is 1.10. The Labute approximate surface area is 94.8 Å². The van der Waals surface area contributed by atoms with E-state index in [4.69, 9.17) is 0 Å². The average Bonchev–Trinajstić information content (AvgIpc) is 2.31. The zero-order valence-electron chi connectivity index (χ0n) is 9.44. The molecule has 2 aromatic rings. The summed E-state index contributed by atoms with van der Waals surface area (Å²) in [5.74, 6) is 1.48. The number of hydrogen-bond donors (Lipinski definition) is 1. The molecule has 2 aromatic heterocycles. The molecule has 2 heterocycles. The van der Waals surface area contributed by atoms with Gasteiger partial charge in [-0.3, -0.25) is 4.98 Å². The molecule has 0 amide bonds. The summed E-state index contributed by atoms with van der Waals surface area (Å²) < 4.78 is 0. The highest BCUT2D eigenvalue weighted by Crippen LogP contribution is 2.13. The molecule has 0 aliphatic carbocycles. The average molecular weight is 214 g/mol. The van der Waals surface area contributed by atoms with Gasteiger partial charge in [0.2, 0.25) is 0 Å². The SMILES string of the molecule is CCNc1ccnc(-c2ccc(C)cn2)n1. The van der Waals surface area contributed by atoms with Crippen molar-refractivity contribution in [2.45, 2.75) is 13.8 Å². The number of nitrogens with zero attached hydrogens (tertiary/aromatic N) is 3. The van der Waals surface area contributed by atoms with Crippen LogP contribution in [-0.2, 0) is 0 Å². The van der Waals surface area contributed by atoms with Gasteiger partial charge in [-0.2, -0.15) is 0 Å². The van der Waals surface area contributed by atoms with Gasteiger partial charge in [-0.05, 0) is 31.5 Å². The Morgan fingerprint density at radius 2 is 2.06 bits per heavy atom. The Kier molecular flexibility index (Phi) is 3.10. The minimum absolute atomic E-state index is 0.651. The lowest BCUT2D eigenvalue weighted by atomic mass is 10.2. The van der Waals surface area contributed by atoms with E-state index in [1.807, 2.05) is 38.2 Å². The molecule has 0 spiro atoms. The first-order valence-corrected chi connectivity index (χ1v) is 5.29. The van der Waals surface area contributed by atoms with E-state index >= 15 is 0 Å². The third-order valence-electron chi connectivity index (χ3n) is 2.15. The third-order valence-corrected chi connectivity index (χ3v) is 2.15. The zero-order chi connectivity index (χ0) is 11.4. The number of nitrogens with one attached hydrogen (secondary N) is 1. The Balaban J connectivity index is 2.32. The Bertz CT molecular complexity index is 465. The molecule has 82 valence electrons. The maximum atomic E-state index is 4.38. The first-order chi connectivity index (χ1) is 7.79. The monoisotopic (exact) mass is 214 g/mol. The van der Waals surface area contributed by atoms with Crippen molar-refractivity contribution in [3.05, 3.63) is 36.2 Å². The van der Waals surface area contributed by atoms with Crippen LogP contribution in [0.5, 0.6) is 0 Å². The van der Waals surface area contributed by atoms with Crippen LogP contribution in [0.3, 0.4) is 0 Å². The van der Waals surface area contributed by atoms with Gasteiger partial charge in [0, 0.05) is 18.9 Å². The highest BCUT2D eigenvalue weighted by atomic mass is 15.0. The predicted octanol–water partition coefficient (Wildman–Crippen LogP) is 2.28. The van der Waals surface area contributed by atoms with E-state index in [1.54, 1.807) is 6.20 Å². The van der Waals surface area contributed by atoms with Gasteiger partial charge < -0.3 is 5.32 Å². The molecule has 0 saturated heterocycles. The largest absolute Gasteiger partial charge is 0.370 e. The quantitative estimate of drug-likeness (QED) is 0.851. The summed E-state index contributed by atoms with van der Waals surface area (Å²) in [5, 5.41) is 3.15. The minimum Gasteiger partial charge on any atom is -0.370 e. The van der Waals surface area contributed by atoms with Gasteiger partial charge in [-0.15, -0.1) is 0 Å². The molecule has 0 fully saturated rings. The molecule has 0 aliphatic heterocycles. The van der Waals surface area contributed by atoms with Gasteiger partial charge >= 0.3 is 0 Å². The first-order valence-electron chi connectivity index (χ1n) is 5.29. The van der Waals surface area contributed by atoms with Gasteiger partial charge in [-0.1, -0.05) is 6.07 Å². The number of anilines is 1. The van der Waals surface area contributed by atoms with Crippen molar-refractivity contribution >= 4 is 5.82 Å².